The number of rotatable bonds is 5. The number of likely N-dealkylation sites (tertiary alicyclic amines) is 1. The molecule has 1 atom stereocenters. The minimum atomic E-state index is -0.921. The monoisotopic (exact) mass is 499 g/mol. The normalized spacial score (nSPS) is 15.7. The number of hydrogen-bond donors (Lipinski definition) is 1. The first kappa shape index (κ1) is 21.2. The number of halogens is 1. The molecule has 0 spiro atoms. The highest BCUT2D eigenvalue weighted by Gasteiger charge is 2.41. The number of thiazole rings is 1. The summed E-state index contributed by atoms with van der Waals surface area (Å²) in [6, 6.07) is 15.9. The van der Waals surface area contributed by atoms with E-state index in [1.807, 2.05) is 60.0 Å². The Kier molecular flexibility index (Phi) is 6.43. The zero-order chi connectivity index (χ0) is 21.8. The predicted octanol–water partition coefficient (Wildman–Crippen LogP) is 4.84. The largest absolute Gasteiger partial charge is 0.444 e. The second kappa shape index (κ2) is 9.40. The number of imide groups is 1. The molecule has 1 N–H and O–H groups in total. The Hall–Kier alpha value is -3.04. The fourth-order valence-electron chi connectivity index (χ4n) is 3.22. The Morgan fingerprint density at radius 2 is 1.90 bits per heavy atom. The lowest BCUT2D eigenvalue weighted by Gasteiger charge is -2.21. The summed E-state index contributed by atoms with van der Waals surface area (Å²) < 4.78 is 6.22. The minimum absolute atomic E-state index is 0.0286. The first-order valence-electron chi connectivity index (χ1n) is 9.56. The van der Waals surface area contributed by atoms with Gasteiger partial charge >= 0.3 is 6.09 Å². The maximum absolute atomic E-state index is 12.8. The van der Waals surface area contributed by atoms with Crippen molar-refractivity contribution in [3.8, 4) is 11.3 Å². The Morgan fingerprint density at radius 1 is 1.16 bits per heavy atom. The third-order valence-electron chi connectivity index (χ3n) is 4.79. The van der Waals surface area contributed by atoms with Crippen LogP contribution in [0, 0.1) is 0 Å². The average Bonchev–Trinajstić information content (AvgIpc) is 3.40. The molecule has 1 aliphatic rings. The van der Waals surface area contributed by atoms with Crippen LogP contribution in [0.15, 0.2) is 64.5 Å². The van der Waals surface area contributed by atoms with E-state index in [1.165, 1.54) is 11.3 Å². The number of nitrogens with one attached hydrogen (secondary N) is 1. The summed E-state index contributed by atoms with van der Waals surface area (Å²) in [4.78, 5) is 42.9. The highest BCUT2D eigenvalue weighted by atomic mass is 79.9. The second-order valence-corrected chi connectivity index (χ2v) is 8.67. The number of aromatic nitrogens is 1. The van der Waals surface area contributed by atoms with Crippen LogP contribution in [0.2, 0.25) is 0 Å². The molecule has 158 valence electrons. The number of ether oxygens (including phenoxy) is 1. The first-order valence-corrected chi connectivity index (χ1v) is 11.2. The summed E-state index contributed by atoms with van der Waals surface area (Å²) in [5, 5.41) is 4.96. The van der Waals surface area contributed by atoms with Gasteiger partial charge in [0.25, 0.3) is 0 Å². The molecule has 0 bridgehead atoms. The summed E-state index contributed by atoms with van der Waals surface area (Å²) in [5.74, 6) is -0.882. The highest BCUT2D eigenvalue weighted by molar-refractivity contribution is 9.10. The van der Waals surface area contributed by atoms with E-state index in [0.29, 0.717) is 5.13 Å². The smallest absolute Gasteiger partial charge is 0.417 e. The Morgan fingerprint density at radius 3 is 2.65 bits per heavy atom. The Balaban J connectivity index is 1.40. The van der Waals surface area contributed by atoms with E-state index >= 15 is 0 Å². The van der Waals surface area contributed by atoms with Gasteiger partial charge < -0.3 is 10.1 Å². The van der Waals surface area contributed by atoms with Gasteiger partial charge in [-0.05, 0) is 24.1 Å². The van der Waals surface area contributed by atoms with Crippen LogP contribution in [0.1, 0.15) is 18.4 Å². The second-order valence-electron chi connectivity index (χ2n) is 6.89. The van der Waals surface area contributed by atoms with Crippen LogP contribution in [-0.4, -0.2) is 33.8 Å². The molecule has 0 unspecified atom stereocenters. The van der Waals surface area contributed by atoms with Gasteiger partial charge in [-0.3, -0.25) is 9.59 Å². The van der Waals surface area contributed by atoms with Crippen LogP contribution in [0.5, 0.6) is 0 Å². The van der Waals surface area contributed by atoms with Gasteiger partial charge in [0.1, 0.15) is 12.6 Å². The number of benzene rings is 2. The van der Waals surface area contributed by atoms with Crippen LogP contribution in [0.25, 0.3) is 11.3 Å². The Labute approximate surface area is 191 Å². The van der Waals surface area contributed by atoms with Crippen LogP contribution >= 0.6 is 27.3 Å². The van der Waals surface area contributed by atoms with Gasteiger partial charge in [0.15, 0.2) is 5.13 Å². The average molecular weight is 500 g/mol. The van der Waals surface area contributed by atoms with Gasteiger partial charge in [0.2, 0.25) is 11.8 Å². The molecule has 0 aliphatic carbocycles. The van der Waals surface area contributed by atoms with Crippen molar-refractivity contribution in [1.29, 1.82) is 0 Å². The number of anilines is 1. The van der Waals surface area contributed by atoms with Crippen molar-refractivity contribution in [2.24, 2.45) is 0 Å². The van der Waals surface area contributed by atoms with E-state index in [9.17, 15) is 14.4 Å². The van der Waals surface area contributed by atoms with Gasteiger partial charge in [-0.1, -0.05) is 58.4 Å². The maximum Gasteiger partial charge on any atom is 0.417 e. The van der Waals surface area contributed by atoms with Crippen molar-refractivity contribution >= 4 is 50.3 Å². The minimum Gasteiger partial charge on any atom is -0.444 e. The van der Waals surface area contributed by atoms with Gasteiger partial charge in [-0.15, -0.1) is 11.3 Å². The molecule has 9 heteroatoms. The maximum atomic E-state index is 12.8. The van der Waals surface area contributed by atoms with Crippen LogP contribution < -0.4 is 5.32 Å². The molecule has 31 heavy (non-hydrogen) atoms. The third kappa shape index (κ3) is 5.00. The molecule has 7 nitrogen and oxygen atoms in total. The molecule has 2 heterocycles. The standard InChI is InChI=1S/C22H18BrN3O4S/c23-16-8-6-15(7-9-16)17-13-31-21(24-17)25-20(28)18-10-11-19(27)26(18)22(29)30-12-14-4-2-1-3-5-14/h1-9,13,18H,10-12H2,(H,24,25,28)/t18-/m1/s1. The van der Waals surface area contributed by atoms with Crippen molar-refractivity contribution in [3.05, 3.63) is 70.0 Å². The van der Waals surface area contributed by atoms with E-state index in [1.54, 1.807) is 0 Å². The molecular formula is C22H18BrN3O4S. The molecule has 3 aromatic rings. The molecule has 1 saturated heterocycles. The molecule has 2 aromatic carbocycles. The van der Waals surface area contributed by atoms with Gasteiger partial charge in [0, 0.05) is 21.8 Å². The number of nitrogens with zero attached hydrogens (tertiary/aromatic N) is 2. The highest BCUT2D eigenvalue weighted by Crippen LogP contribution is 2.27. The fraction of sp³-hybridized carbons (Fsp3) is 0.182. The van der Waals surface area contributed by atoms with Gasteiger partial charge in [0.05, 0.1) is 5.69 Å². The molecule has 0 saturated carbocycles. The van der Waals surface area contributed by atoms with Crippen molar-refractivity contribution in [2.75, 3.05) is 5.32 Å². The van der Waals surface area contributed by atoms with Crippen molar-refractivity contribution in [2.45, 2.75) is 25.5 Å². The molecule has 1 fully saturated rings. The number of carbonyl (C=O) groups excluding carboxylic acids is 3. The van der Waals surface area contributed by atoms with E-state index in [-0.39, 0.29) is 19.4 Å². The van der Waals surface area contributed by atoms with Crippen molar-refractivity contribution in [1.82, 2.24) is 9.88 Å². The quantitative estimate of drug-likeness (QED) is 0.542. The molecular weight excluding hydrogens is 482 g/mol. The van der Waals surface area contributed by atoms with Crippen LogP contribution in [-0.2, 0) is 20.9 Å². The summed E-state index contributed by atoms with van der Waals surface area (Å²) in [5.41, 5.74) is 2.45. The molecule has 4 rings (SSSR count). The zero-order valence-corrected chi connectivity index (χ0v) is 18.7. The van der Waals surface area contributed by atoms with Gasteiger partial charge in [-0.25, -0.2) is 14.7 Å². The zero-order valence-electron chi connectivity index (χ0n) is 16.3. The lowest BCUT2D eigenvalue weighted by molar-refractivity contribution is -0.131. The number of hydrogen-bond acceptors (Lipinski definition) is 6. The molecule has 0 radical (unpaired) electrons. The summed E-state index contributed by atoms with van der Waals surface area (Å²) in [6.45, 7) is 0.0286. The summed E-state index contributed by atoms with van der Waals surface area (Å²) in [7, 11) is 0. The van der Waals surface area contributed by atoms with Crippen molar-refractivity contribution in [3.63, 3.8) is 0 Å². The summed E-state index contributed by atoms with van der Waals surface area (Å²) >= 11 is 4.67. The Bertz CT molecular complexity index is 1100. The SMILES string of the molecule is O=C(Nc1nc(-c2ccc(Br)cc2)cs1)[C@H]1CCC(=O)N1C(=O)OCc1ccccc1. The lowest BCUT2D eigenvalue weighted by Crippen LogP contribution is -2.45. The van der Waals surface area contributed by atoms with Crippen LogP contribution in [0.3, 0.4) is 0 Å². The predicted molar refractivity (Wildman–Crippen MR) is 120 cm³/mol. The van der Waals surface area contributed by atoms with E-state index in [2.05, 4.69) is 26.2 Å². The van der Waals surface area contributed by atoms with E-state index in [4.69, 9.17) is 4.74 Å². The lowest BCUT2D eigenvalue weighted by atomic mass is 10.2. The van der Waals surface area contributed by atoms with E-state index < -0.39 is 23.9 Å². The molecule has 1 aliphatic heterocycles. The number of amides is 3. The number of carbonyl (C=O) groups is 3. The first-order chi connectivity index (χ1) is 15.0. The van der Waals surface area contributed by atoms with E-state index in [0.717, 1.165) is 26.2 Å². The summed E-state index contributed by atoms with van der Waals surface area (Å²) in [6.07, 6.45) is -0.461. The fourth-order valence-corrected chi connectivity index (χ4v) is 4.21. The topological polar surface area (TPSA) is 88.6 Å². The molecule has 1 aromatic heterocycles. The third-order valence-corrected chi connectivity index (χ3v) is 6.08. The molecule has 3 amide bonds. The van der Waals surface area contributed by atoms with Crippen LogP contribution in [0.4, 0.5) is 9.93 Å². The van der Waals surface area contributed by atoms with Gasteiger partial charge in [-0.2, -0.15) is 0 Å². The van der Waals surface area contributed by atoms with Crippen molar-refractivity contribution < 1.29 is 19.1 Å².